The van der Waals surface area contributed by atoms with E-state index in [0.717, 1.165) is 31.6 Å². The molecule has 0 aliphatic carbocycles. The highest BCUT2D eigenvalue weighted by Gasteiger charge is 2.32. The molecule has 0 aromatic heterocycles. The van der Waals surface area contributed by atoms with Gasteiger partial charge in [-0.15, -0.1) is 0 Å². The zero-order chi connectivity index (χ0) is 13.7. The van der Waals surface area contributed by atoms with E-state index in [1.807, 2.05) is 25.1 Å². The van der Waals surface area contributed by atoms with Gasteiger partial charge in [0.25, 0.3) is 0 Å². The van der Waals surface area contributed by atoms with E-state index in [-0.39, 0.29) is 12.1 Å². The highest BCUT2D eigenvalue weighted by Crippen LogP contribution is 2.33. The maximum absolute atomic E-state index is 11.7. The normalized spacial score (nSPS) is 21.3. The molecule has 3 heteroatoms. The predicted molar refractivity (Wildman–Crippen MR) is 75.8 cm³/mol. The second-order valence-electron chi connectivity index (χ2n) is 5.12. The number of benzene rings is 1. The predicted octanol–water partition coefficient (Wildman–Crippen LogP) is 3.02. The standard InChI is InChI=1S/C16H23NO2/c1-3-15(18)19-16(13-8-6-5-7-9-13)14-10-11-17(4-2)12-14/h5-9,14,16H,3-4,10-12H2,1-2H3/t14-,16-/m1/s1. The van der Waals surface area contributed by atoms with Gasteiger partial charge in [-0.05, 0) is 25.1 Å². The molecule has 0 amide bonds. The lowest BCUT2D eigenvalue weighted by molar-refractivity contribution is -0.151. The van der Waals surface area contributed by atoms with Gasteiger partial charge in [0, 0.05) is 18.9 Å². The van der Waals surface area contributed by atoms with Crippen LogP contribution in [0.2, 0.25) is 0 Å². The summed E-state index contributed by atoms with van der Waals surface area (Å²) in [4.78, 5) is 14.1. The summed E-state index contributed by atoms with van der Waals surface area (Å²) in [6.45, 7) is 7.22. The van der Waals surface area contributed by atoms with E-state index < -0.39 is 0 Å². The fourth-order valence-corrected chi connectivity index (χ4v) is 2.70. The maximum atomic E-state index is 11.7. The summed E-state index contributed by atoms with van der Waals surface area (Å²) in [5.74, 6) is 0.307. The van der Waals surface area contributed by atoms with Gasteiger partial charge in [0.1, 0.15) is 6.10 Å². The van der Waals surface area contributed by atoms with Crippen molar-refractivity contribution >= 4 is 5.97 Å². The van der Waals surface area contributed by atoms with Gasteiger partial charge in [0.05, 0.1) is 0 Å². The van der Waals surface area contributed by atoms with E-state index in [9.17, 15) is 4.79 Å². The van der Waals surface area contributed by atoms with Gasteiger partial charge in [-0.2, -0.15) is 0 Å². The first-order valence-electron chi connectivity index (χ1n) is 7.21. The molecule has 1 fully saturated rings. The number of ether oxygens (including phenoxy) is 1. The molecular weight excluding hydrogens is 238 g/mol. The van der Waals surface area contributed by atoms with Crippen molar-refractivity contribution < 1.29 is 9.53 Å². The molecule has 2 rings (SSSR count). The van der Waals surface area contributed by atoms with Crippen molar-refractivity contribution in [3.8, 4) is 0 Å². The minimum absolute atomic E-state index is 0.0924. The van der Waals surface area contributed by atoms with Crippen molar-refractivity contribution in [2.45, 2.75) is 32.8 Å². The van der Waals surface area contributed by atoms with Crippen molar-refractivity contribution in [3.05, 3.63) is 35.9 Å². The molecule has 1 aliphatic rings. The van der Waals surface area contributed by atoms with Crippen molar-refractivity contribution in [3.63, 3.8) is 0 Å². The summed E-state index contributed by atoms with van der Waals surface area (Å²) in [6.07, 6.45) is 1.45. The summed E-state index contributed by atoms with van der Waals surface area (Å²) in [5.41, 5.74) is 1.12. The van der Waals surface area contributed by atoms with Crippen LogP contribution in [0.25, 0.3) is 0 Å². The summed E-state index contributed by atoms with van der Waals surface area (Å²) < 4.78 is 5.70. The van der Waals surface area contributed by atoms with Crippen LogP contribution in [0, 0.1) is 5.92 Å². The summed E-state index contributed by atoms with van der Waals surface area (Å²) in [7, 11) is 0. The van der Waals surface area contributed by atoms with E-state index in [1.165, 1.54) is 0 Å². The van der Waals surface area contributed by atoms with Crippen molar-refractivity contribution in [1.29, 1.82) is 0 Å². The molecule has 0 radical (unpaired) electrons. The Hall–Kier alpha value is -1.35. The van der Waals surface area contributed by atoms with Gasteiger partial charge >= 0.3 is 5.97 Å². The van der Waals surface area contributed by atoms with Crippen LogP contribution in [0.3, 0.4) is 0 Å². The molecule has 1 aromatic carbocycles. The monoisotopic (exact) mass is 261 g/mol. The average molecular weight is 261 g/mol. The summed E-state index contributed by atoms with van der Waals surface area (Å²) in [5, 5.41) is 0. The topological polar surface area (TPSA) is 29.5 Å². The van der Waals surface area contributed by atoms with Crippen LogP contribution in [0.15, 0.2) is 30.3 Å². The Bertz CT molecular complexity index is 404. The quantitative estimate of drug-likeness (QED) is 0.763. The number of carbonyl (C=O) groups is 1. The highest BCUT2D eigenvalue weighted by atomic mass is 16.5. The van der Waals surface area contributed by atoms with Crippen LogP contribution in [0.5, 0.6) is 0 Å². The van der Waals surface area contributed by atoms with Crippen LogP contribution < -0.4 is 0 Å². The van der Waals surface area contributed by atoms with E-state index >= 15 is 0 Å². The highest BCUT2D eigenvalue weighted by molar-refractivity contribution is 5.69. The van der Waals surface area contributed by atoms with Crippen molar-refractivity contribution in [2.24, 2.45) is 5.92 Å². The molecule has 0 unspecified atom stereocenters. The first kappa shape index (κ1) is 14.1. The molecule has 1 aromatic rings. The molecule has 1 aliphatic heterocycles. The SMILES string of the molecule is CCC(=O)O[C@H](c1ccccc1)[C@@H]1CCN(CC)C1. The molecule has 1 heterocycles. The fourth-order valence-electron chi connectivity index (χ4n) is 2.70. The Morgan fingerprint density at radius 3 is 2.68 bits per heavy atom. The zero-order valence-electron chi connectivity index (χ0n) is 11.8. The smallest absolute Gasteiger partial charge is 0.306 e. The van der Waals surface area contributed by atoms with Crippen molar-refractivity contribution in [1.82, 2.24) is 4.90 Å². The van der Waals surface area contributed by atoms with Crippen LogP contribution in [0.4, 0.5) is 0 Å². The van der Waals surface area contributed by atoms with Crippen LogP contribution in [0.1, 0.15) is 38.4 Å². The van der Waals surface area contributed by atoms with Gasteiger partial charge in [-0.1, -0.05) is 44.2 Å². The van der Waals surface area contributed by atoms with Gasteiger partial charge in [0.15, 0.2) is 0 Å². The summed E-state index contributed by atoms with van der Waals surface area (Å²) >= 11 is 0. The molecule has 0 spiro atoms. The largest absolute Gasteiger partial charge is 0.457 e. The minimum Gasteiger partial charge on any atom is -0.457 e. The van der Waals surface area contributed by atoms with Gasteiger partial charge < -0.3 is 9.64 Å². The molecule has 0 bridgehead atoms. The third-order valence-electron chi connectivity index (χ3n) is 3.86. The Kier molecular flexibility index (Phi) is 4.97. The van der Waals surface area contributed by atoms with Crippen LogP contribution in [-0.2, 0) is 9.53 Å². The second-order valence-corrected chi connectivity index (χ2v) is 5.12. The number of nitrogens with zero attached hydrogens (tertiary/aromatic N) is 1. The van der Waals surface area contributed by atoms with E-state index in [1.54, 1.807) is 0 Å². The number of likely N-dealkylation sites (tertiary alicyclic amines) is 1. The van der Waals surface area contributed by atoms with E-state index in [2.05, 4.69) is 24.0 Å². The molecular formula is C16H23NO2. The van der Waals surface area contributed by atoms with Crippen LogP contribution >= 0.6 is 0 Å². The molecule has 0 N–H and O–H groups in total. The first-order valence-corrected chi connectivity index (χ1v) is 7.21. The number of hydrogen-bond acceptors (Lipinski definition) is 3. The first-order chi connectivity index (χ1) is 9.24. The number of carbonyl (C=O) groups excluding carboxylic acids is 1. The lowest BCUT2D eigenvalue weighted by atomic mass is 9.95. The van der Waals surface area contributed by atoms with Gasteiger partial charge in [-0.3, -0.25) is 4.79 Å². The summed E-state index contributed by atoms with van der Waals surface area (Å²) in [6, 6.07) is 10.1. The lowest BCUT2D eigenvalue weighted by Gasteiger charge is -2.24. The number of esters is 1. The average Bonchev–Trinajstić information content (AvgIpc) is 2.94. The maximum Gasteiger partial charge on any atom is 0.306 e. The van der Waals surface area contributed by atoms with Crippen molar-refractivity contribution in [2.75, 3.05) is 19.6 Å². The van der Waals surface area contributed by atoms with Gasteiger partial charge in [0.2, 0.25) is 0 Å². The lowest BCUT2D eigenvalue weighted by Crippen LogP contribution is -2.24. The Morgan fingerprint density at radius 1 is 1.37 bits per heavy atom. The molecule has 0 saturated carbocycles. The fraction of sp³-hybridized carbons (Fsp3) is 0.562. The molecule has 1 saturated heterocycles. The third kappa shape index (κ3) is 3.57. The molecule has 3 nitrogen and oxygen atoms in total. The van der Waals surface area contributed by atoms with E-state index in [4.69, 9.17) is 4.74 Å². The second kappa shape index (κ2) is 6.71. The number of hydrogen-bond donors (Lipinski definition) is 0. The Morgan fingerprint density at radius 2 is 2.11 bits per heavy atom. The molecule has 2 atom stereocenters. The van der Waals surface area contributed by atoms with Gasteiger partial charge in [-0.25, -0.2) is 0 Å². The zero-order valence-corrected chi connectivity index (χ0v) is 11.8. The Labute approximate surface area is 115 Å². The van der Waals surface area contributed by atoms with Crippen LogP contribution in [-0.4, -0.2) is 30.5 Å². The third-order valence-corrected chi connectivity index (χ3v) is 3.86. The Balaban J connectivity index is 2.13. The molecule has 104 valence electrons. The minimum atomic E-state index is -0.108. The molecule has 19 heavy (non-hydrogen) atoms. The van der Waals surface area contributed by atoms with E-state index in [0.29, 0.717) is 12.3 Å². The number of rotatable bonds is 5.